The minimum Gasteiger partial charge on any atom is -0.507 e. The molecule has 0 aliphatic rings. The molecule has 0 saturated carbocycles. The normalized spacial score (nSPS) is 12.0. The van der Waals surface area contributed by atoms with Gasteiger partial charge >= 0.3 is 0 Å². The Kier molecular flexibility index (Phi) is 7.71. The molecule has 0 radical (unpaired) electrons. The summed E-state index contributed by atoms with van der Waals surface area (Å²) in [5.41, 5.74) is 10.9. The van der Waals surface area contributed by atoms with Gasteiger partial charge in [-0.1, -0.05) is 120 Å². The standard InChI is InChI=1S/C43H40N4O/c1-42(2,3)31-24-33(40(48)35(25-31)43(4,5)6)41-46-39-34(29-17-14-18-30(23-29)36-20-12-13-22-45-36)26-44-27-38(39)47(41)37-21-11-10-19-32(37)28-15-8-7-9-16-28/h7-27,48H,1-6H3. The van der Waals surface area contributed by atoms with Gasteiger partial charge in [0.1, 0.15) is 17.1 Å². The van der Waals surface area contributed by atoms with Crippen LogP contribution in [-0.2, 0) is 10.8 Å². The highest BCUT2D eigenvalue weighted by molar-refractivity contribution is 5.96. The van der Waals surface area contributed by atoms with Crippen molar-refractivity contribution in [1.82, 2.24) is 19.5 Å². The summed E-state index contributed by atoms with van der Waals surface area (Å²) in [6.45, 7) is 13.0. The van der Waals surface area contributed by atoms with Crippen LogP contribution >= 0.6 is 0 Å². The highest BCUT2D eigenvalue weighted by atomic mass is 16.3. The molecule has 5 heteroatoms. The lowest BCUT2D eigenvalue weighted by molar-refractivity contribution is 0.446. The average Bonchev–Trinajstić information content (AvgIpc) is 3.47. The predicted molar refractivity (Wildman–Crippen MR) is 197 cm³/mol. The Labute approximate surface area is 282 Å². The number of benzene rings is 4. The minimum atomic E-state index is -0.294. The number of phenols is 1. The van der Waals surface area contributed by atoms with Crippen LogP contribution in [-0.4, -0.2) is 24.6 Å². The van der Waals surface area contributed by atoms with Crippen LogP contribution in [0.4, 0.5) is 0 Å². The van der Waals surface area contributed by atoms with Gasteiger partial charge in [-0.2, -0.15) is 0 Å². The first-order valence-electron chi connectivity index (χ1n) is 16.4. The summed E-state index contributed by atoms with van der Waals surface area (Å²) < 4.78 is 2.17. The number of nitrogens with zero attached hydrogens (tertiary/aromatic N) is 4. The van der Waals surface area contributed by atoms with Gasteiger partial charge in [-0.05, 0) is 57.9 Å². The summed E-state index contributed by atoms with van der Waals surface area (Å²) in [6, 6.07) is 37.3. The molecule has 0 amide bonds. The first-order chi connectivity index (χ1) is 23.0. The molecule has 3 heterocycles. The molecule has 4 aromatic carbocycles. The van der Waals surface area contributed by atoms with Crippen molar-refractivity contribution in [3.8, 4) is 56.3 Å². The van der Waals surface area contributed by atoms with E-state index in [2.05, 4.69) is 136 Å². The molecule has 48 heavy (non-hydrogen) atoms. The number of aromatic nitrogens is 4. The lowest BCUT2D eigenvalue weighted by atomic mass is 9.79. The van der Waals surface area contributed by atoms with Gasteiger partial charge in [0, 0.05) is 34.6 Å². The summed E-state index contributed by atoms with van der Waals surface area (Å²) in [5, 5.41) is 12.1. The van der Waals surface area contributed by atoms with Crippen molar-refractivity contribution < 1.29 is 5.11 Å². The van der Waals surface area contributed by atoms with Crippen LogP contribution in [0.3, 0.4) is 0 Å². The number of para-hydroxylation sites is 1. The zero-order valence-corrected chi connectivity index (χ0v) is 28.4. The molecule has 0 spiro atoms. The molecule has 0 fully saturated rings. The maximum Gasteiger partial charge on any atom is 0.149 e. The van der Waals surface area contributed by atoms with Gasteiger partial charge in [-0.15, -0.1) is 0 Å². The van der Waals surface area contributed by atoms with Crippen molar-refractivity contribution in [2.24, 2.45) is 0 Å². The van der Waals surface area contributed by atoms with E-state index in [9.17, 15) is 5.11 Å². The summed E-state index contributed by atoms with van der Waals surface area (Å²) in [4.78, 5) is 14.8. The van der Waals surface area contributed by atoms with Gasteiger partial charge in [0.15, 0.2) is 0 Å². The maximum atomic E-state index is 12.1. The third kappa shape index (κ3) is 5.66. The van der Waals surface area contributed by atoms with Crippen LogP contribution in [0, 0.1) is 0 Å². The Morgan fingerprint density at radius 1 is 0.604 bits per heavy atom. The van der Waals surface area contributed by atoms with Crippen LogP contribution in [0.15, 0.2) is 128 Å². The second kappa shape index (κ2) is 11.9. The van der Waals surface area contributed by atoms with E-state index in [1.807, 2.05) is 42.9 Å². The molecule has 0 aliphatic heterocycles. The molecule has 0 unspecified atom stereocenters. The summed E-state index contributed by atoms with van der Waals surface area (Å²) in [7, 11) is 0. The van der Waals surface area contributed by atoms with E-state index >= 15 is 0 Å². The van der Waals surface area contributed by atoms with Gasteiger partial charge < -0.3 is 5.11 Å². The second-order valence-corrected chi connectivity index (χ2v) is 14.4. The van der Waals surface area contributed by atoms with E-state index in [1.54, 1.807) is 0 Å². The molecule has 0 atom stereocenters. The average molecular weight is 629 g/mol. The van der Waals surface area contributed by atoms with Crippen molar-refractivity contribution in [3.05, 3.63) is 139 Å². The summed E-state index contributed by atoms with van der Waals surface area (Å²) in [6.07, 6.45) is 5.58. The zero-order valence-electron chi connectivity index (χ0n) is 28.4. The second-order valence-electron chi connectivity index (χ2n) is 14.4. The number of pyridine rings is 2. The van der Waals surface area contributed by atoms with Crippen LogP contribution in [0.2, 0.25) is 0 Å². The molecular formula is C43H40N4O. The third-order valence-electron chi connectivity index (χ3n) is 8.96. The molecular weight excluding hydrogens is 589 g/mol. The molecule has 3 aromatic heterocycles. The van der Waals surface area contributed by atoms with Crippen LogP contribution in [0.5, 0.6) is 5.75 Å². The van der Waals surface area contributed by atoms with E-state index in [-0.39, 0.29) is 16.6 Å². The third-order valence-corrected chi connectivity index (χ3v) is 8.96. The maximum absolute atomic E-state index is 12.1. The Bertz CT molecular complexity index is 2260. The highest BCUT2D eigenvalue weighted by Gasteiger charge is 2.29. The Balaban J connectivity index is 1.57. The molecule has 1 N–H and O–H groups in total. The SMILES string of the molecule is CC(C)(C)c1cc(-c2nc3c(-c4cccc(-c5ccccn5)c4)cncc3n2-c2ccccc2-c2ccccc2)c(O)c(C(C)(C)C)c1. The van der Waals surface area contributed by atoms with Crippen LogP contribution in [0.25, 0.3) is 61.6 Å². The zero-order chi connectivity index (χ0) is 33.6. The predicted octanol–water partition coefficient (Wildman–Crippen LogP) is 10.8. The van der Waals surface area contributed by atoms with E-state index in [0.717, 1.165) is 61.4 Å². The smallest absolute Gasteiger partial charge is 0.149 e. The lowest BCUT2D eigenvalue weighted by Crippen LogP contribution is -2.17. The Morgan fingerprint density at radius 3 is 2.04 bits per heavy atom. The number of rotatable bonds is 5. The van der Waals surface area contributed by atoms with E-state index in [0.29, 0.717) is 11.4 Å². The topological polar surface area (TPSA) is 63.8 Å². The van der Waals surface area contributed by atoms with Crippen molar-refractivity contribution in [3.63, 3.8) is 0 Å². The highest BCUT2D eigenvalue weighted by Crippen LogP contribution is 2.45. The van der Waals surface area contributed by atoms with Crippen LogP contribution < -0.4 is 0 Å². The van der Waals surface area contributed by atoms with Crippen molar-refractivity contribution in [2.45, 2.75) is 52.4 Å². The quantitative estimate of drug-likeness (QED) is 0.206. The molecule has 238 valence electrons. The number of hydrogen-bond acceptors (Lipinski definition) is 4. The molecule has 0 aliphatic carbocycles. The minimum absolute atomic E-state index is 0.153. The van der Waals surface area contributed by atoms with Crippen molar-refractivity contribution >= 4 is 11.0 Å². The molecule has 0 saturated heterocycles. The van der Waals surface area contributed by atoms with E-state index < -0.39 is 0 Å². The number of aromatic hydroxyl groups is 1. The van der Waals surface area contributed by atoms with E-state index in [4.69, 9.17) is 9.97 Å². The van der Waals surface area contributed by atoms with Crippen LogP contribution in [0.1, 0.15) is 52.7 Å². The van der Waals surface area contributed by atoms with Crippen molar-refractivity contribution in [2.75, 3.05) is 0 Å². The summed E-state index contributed by atoms with van der Waals surface area (Å²) >= 11 is 0. The van der Waals surface area contributed by atoms with Gasteiger partial charge in [0.05, 0.1) is 28.7 Å². The fraction of sp³-hybridized carbons (Fsp3) is 0.186. The largest absolute Gasteiger partial charge is 0.507 e. The van der Waals surface area contributed by atoms with Gasteiger partial charge in [0.25, 0.3) is 0 Å². The molecule has 5 nitrogen and oxygen atoms in total. The first kappa shape index (κ1) is 31.1. The molecule has 7 aromatic rings. The fourth-order valence-corrected chi connectivity index (χ4v) is 6.35. The van der Waals surface area contributed by atoms with Gasteiger partial charge in [0.2, 0.25) is 0 Å². The number of phenolic OH excluding ortho intramolecular Hbond substituents is 1. The fourth-order valence-electron chi connectivity index (χ4n) is 6.35. The van der Waals surface area contributed by atoms with Crippen molar-refractivity contribution in [1.29, 1.82) is 0 Å². The number of hydrogen-bond donors (Lipinski definition) is 1. The molecule has 7 rings (SSSR count). The molecule has 0 bridgehead atoms. The number of fused-ring (bicyclic) bond motifs is 1. The first-order valence-corrected chi connectivity index (χ1v) is 16.4. The number of imidazole rings is 1. The van der Waals surface area contributed by atoms with E-state index in [1.165, 1.54) is 0 Å². The summed E-state index contributed by atoms with van der Waals surface area (Å²) in [5.74, 6) is 0.911. The Morgan fingerprint density at radius 2 is 1.31 bits per heavy atom. The van der Waals surface area contributed by atoms with Gasteiger partial charge in [-0.3, -0.25) is 14.5 Å². The Hall–Kier alpha value is -5.55. The lowest BCUT2D eigenvalue weighted by Gasteiger charge is -2.27. The monoisotopic (exact) mass is 628 g/mol. The van der Waals surface area contributed by atoms with Gasteiger partial charge in [-0.25, -0.2) is 4.98 Å².